The maximum atomic E-state index is 12.4. The molecule has 2 heterocycles. The molecular formula is C12H19N3OS. The van der Waals surface area contributed by atoms with Crippen molar-refractivity contribution in [2.24, 2.45) is 11.8 Å². The van der Waals surface area contributed by atoms with Crippen molar-refractivity contribution in [2.45, 2.75) is 33.6 Å². The third kappa shape index (κ3) is 2.65. The maximum absolute atomic E-state index is 12.4. The molecule has 1 amide bonds. The molecule has 0 aliphatic carbocycles. The zero-order valence-electron chi connectivity index (χ0n) is 10.6. The molecule has 1 aromatic rings. The van der Waals surface area contributed by atoms with Crippen molar-refractivity contribution in [1.82, 2.24) is 14.5 Å². The zero-order valence-corrected chi connectivity index (χ0v) is 11.5. The molecule has 4 nitrogen and oxygen atoms in total. The van der Waals surface area contributed by atoms with E-state index >= 15 is 0 Å². The Morgan fingerprint density at radius 3 is 2.65 bits per heavy atom. The van der Waals surface area contributed by atoms with Crippen LogP contribution in [0.15, 0.2) is 0 Å². The van der Waals surface area contributed by atoms with Crippen LogP contribution < -0.4 is 0 Å². The molecule has 0 aromatic carbocycles. The van der Waals surface area contributed by atoms with Gasteiger partial charge in [0.1, 0.15) is 4.88 Å². The van der Waals surface area contributed by atoms with Gasteiger partial charge in [0.2, 0.25) is 0 Å². The van der Waals surface area contributed by atoms with Gasteiger partial charge in [0, 0.05) is 13.1 Å². The molecule has 1 fully saturated rings. The van der Waals surface area contributed by atoms with Crippen LogP contribution in [0.5, 0.6) is 0 Å². The minimum atomic E-state index is 0.121. The Hall–Kier alpha value is -0.970. The van der Waals surface area contributed by atoms with Gasteiger partial charge in [0.15, 0.2) is 0 Å². The van der Waals surface area contributed by atoms with Gasteiger partial charge in [-0.25, -0.2) is 0 Å². The third-order valence-corrected chi connectivity index (χ3v) is 4.00. The largest absolute Gasteiger partial charge is 0.337 e. The van der Waals surface area contributed by atoms with Gasteiger partial charge in [-0.05, 0) is 36.2 Å². The van der Waals surface area contributed by atoms with Crippen LogP contribution in [0.25, 0.3) is 0 Å². The molecule has 0 saturated carbocycles. The lowest BCUT2D eigenvalue weighted by molar-refractivity contribution is 0.0627. The highest BCUT2D eigenvalue weighted by Crippen LogP contribution is 2.24. The number of hydrogen-bond acceptors (Lipinski definition) is 4. The van der Waals surface area contributed by atoms with E-state index in [1.54, 1.807) is 0 Å². The monoisotopic (exact) mass is 253 g/mol. The van der Waals surface area contributed by atoms with Crippen molar-refractivity contribution in [3.05, 3.63) is 10.6 Å². The maximum Gasteiger partial charge on any atom is 0.267 e. The Morgan fingerprint density at radius 1 is 1.41 bits per heavy atom. The second-order valence-electron chi connectivity index (χ2n) is 5.06. The number of aromatic nitrogens is 2. The minimum absolute atomic E-state index is 0.121. The van der Waals surface area contributed by atoms with E-state index in [4.69, 9.17) is 0 Å². The van der Waals surface area contributed by atoms with E-state index in [0.29, 0.717) is 11.8 Å². The fourth-order valence-electron chi connectivity index (χ4n) is 2.57. The number of piperidine rings is 1. The lowest BCUT2D eigenvalue weighted by atomic mass is 9.92. The van der Waals surface area contributed by atoms with Crippen LogP contribution in [-0.2, 0) is 6.42 Å². The van der Waals surface area contributed by atoms with Gasteiger partial charge in [-0.1, -0.05) is 25.3 Å². The standard InChI is InChI=1S/C12H19N3OS/c1-4-10-11(17-14-13-10)12(16)15-6-8(2)5-9(3)7-15/h8-9H,4-7H2,1-3H3/t8-,9-/m0/s1. The van der Waals surface area contributed by atoms with Crippen LogP contribution in [0, 0.1) is 11.8 Å². The number of nitrogens with zero attached hydrogens (tertiary/aromatic N) is 3. The smallest absolute Gasteiger partial charge is 0.267 e. The van der Waals surface area contributed by atoms with Crippen molar-refractivity contribution in [3.8, 4) is 0 Å². The Balaban J connectivity index is 2.14. The van der Waals surface area contributed by atoms with Crippen LogP contribution in [0.4, 0.5) is 0 Å². The summed E-state index contributed by atoms with van der Waals surface area (Å²) in [6.45, 7) is 8.16. The van der Waals surface area contributed by atoms with Crippen molar-refractivity contribution < 1.29 is 4.79 Å². The van der Waals surface area contributed by atoms with Crippen molar-refractivity contribution in [2.75, 3.05) is 13.1 Å². The zero-order chi connectivity index (χ0) is 12.4. The van der Waals surface area contributed by atoms with Crippen molar-refractivity contribution in [3.63, 3.8) is 0 Å². The highest BCUT2D eigenvalue weighted by atomic mass is 32.1. The van der Waals surface area contributed by atoms with Gasteiger partial charge in [0.05, 0.1) is 5.69 Å². The van der Waals surface area contributed by atoms with Crippen LogP contribution >= 0.6 is 11.5 Å². The van der Waals surface area contributed by atoms with E-state index in [1.165, 1.54) is 18.0 Å². The van der Waals surface area contributed by atoms with Crippen LogP contribution in [0.2, 0.25) is 0 Å². The molecule has 1 aromatic heterocycles. The van der Waals surface area contributed by atoms with Crippen LogP contribution in [0.1, 0.15) is 42.6 Å². The fourth-order valence-corrected chi connectivity index (χ4v) is 3.29. The van der Waals surface area contributed by atoms with Crippen molar-refractivity contribution >= 4 is 17.4 Å². The summed E-state index contributed by atoms with van der Waals surface area (Å²) >= 11 is 1.23. The molecule has 2 atom stereocenters. The van der Waals surface area contributed by atoms with E-state index in [-0.39, 0.29) is 5.91 Å². The first-order valence-corrected chi connectivity index (χ1v) is 6.99. The highest BCUT2D eigenvalue weighted by Gasteiger charge is 2.28. The van der Waals surface area contributed by atoms with E-state index < -0.39 is 0 Å². The summed E-state index contributed by atoms with van der Waals surface area (Å²) in [6.07, 6.45) is 1.99. The number of likely N-dealkylation sites (tertiary alicyclic amines) is 1. The van der Waals surface area contributed by atoms with E-state index in [0.717, 1.165) is 30.1 Å². The molecule has 0 N–H and O–H groups in total. The molecule has 5 heteroatoms. The molecule has 94 valence electrons. The average molecular weight is 253 g/mol. The summed E-state index contributed by atoms with van der Waals surface area (Å²) in [6, 6.07) is 0. The second-order valence-corrected chi connectivity index (χ2v) is 5.81. The SMILES string of the molecule is CCc1nnsc1C(=O)N1C[C@@H](C)C[C@H](C)C1. The number of carbonyl (C=O) groups excluding carboxylic acids is 1. The number of hydrogen-bond donors (Lipinski definition) is 0. The first-order valence-electron chi connectivity index (χ1n) is 6.22. The fraction of sp³-hybridized carbons (Fsp3) is 0.750. The van der Waals surface area contributed by atoms with E-state index in [9.17, 15) is 4.79 Å². The molecule has 0 radical (unpaired) electrons. The Morgan fingerprint density at radius 2 is 2.06 bits per heavy atom. The molecule has 0 bridgehead atoms. The number of rotatable bonds is 2. The van der Waals surface area contributed by atoms with Gasteiger partial charge in [-0.2, -0.15) is 0 Å². The molecule has 0 unspecified atom stereocenters. The lowest BCUT2D eigenvalue weighted by Crippen LogP contribution is -2.42. The Bertz CT molecular complexity index is 394. The Kier molecular flexibility index (Phi) is 3.76. The Labute approximate surface area is 106 Å². The van der Waals surface area contributed by atoms with Crippen LogP contribution in [-0.4, -0.2) is 33.5 Å². The predicted molar refractivity (Wildman–Crippen MR) is 68.1 cm³/mol. The molecular weight excluding hydrogens is 234 g/mol. The topological polar surface area (TPSA) is 46.1 Å². The van der Waals surface area contributed by atoms with E-state index in [1.807, 2.05) is 11.8 Å². The second kappa shape index (κ2) is 5.12. The summed E-state index contributed by atoms with van der Waals surface area (Å²) in [5.74, 6) is 1.30. The summed E-state index contributed by atoms with van der Waals surface area (Å²) in [5, 5.41) is 4.01. The van der Waals surface area contributed by atoms with Gasteiger partial charge in [-0.15, -0.1) is 5.10 Å². The van der Waals surface area contributed by atoms with E-state index in [2.05, 4.69) is 23.4 Å². The minimum Gasteiger partial charge on any atom is -0.337 e. The van der Waals surface area contributed by atoms with Crippen molar-refractivity contribution in [1.29, 1.82) is 0 Å². The highest BCUT2D eigenvalue weighted by molar-refractivity contribution is 7.08. The summed E-state index contributed by atoms with van der Waals surface area (Å²) in [5.41, 5.74) is 0.839. The lowest BCUT2D eigenvalue weighted by Gasteiger charge is -2.34. The van der Waals surface area contributed by atoms with Gasteiger partial charge in [0.25, 0.3) is 5.91 Å². The molecule has 17 heavy (non-hydrogen) atoms. The summed E-state index contributed by atoms with van der Waals surface area (Å²) in [7, 11) is 0. The quantitative estimate of drug-likeness (QED) is 0.812. The number of amides is 1. The molecule has 1 saturated heterocycles. The normalized spacial score (nSPS) is 25.0. The van der Waals surface area contributed by atoms with Crippen LogP contribution in [0.3, 0.4) is 0 Å². The summed E-state index contributed by atoms with van der Waals surface area (Å²) in [4.78, 5) is 15.1. The average Bonchev–Trinajstić information content (AvgIpc) is 2.74. The first-order chi connectivity index (χ1) is 8.11. The molecule has 2 rings (SSSR count). The molecule has 1 aliphatic rings. The van der Waals surface area contributed by atoms with Gasteiger partial charge < -0.3 is 4.90 Å². The predicted octanol–water partition coefficient (Wildman–Crippen LogP) is 2.22. The number of carbonyl (C=O) groups is 1. The number of aryl methyl sites for hydroxylation is 1. The van der Waals surface area contributed by atoms with Gasteiger partial charge >= 0.3 is 0 Å². The molecule has 0 spiro atoms. The third-order valence-electron chi connectivity index (χ3n) is 3.24. The summed E-state index contributed by atoms with van der Waals surface area (Å²) < 4.78 is 3.89. The van der Waals surface area contributed by atoms with Gasteiger partial charge in [-0.3, -0.25) is 4.79 Å². The first kappa shape index (κ1) is 12.5. The molecule has 1 aliphatic heterocycles.